The number of rotatable bonds is 0. The molecule has 0 aromatic heterocycles. The molecule has 0 saturated heterocycles. The van der Waals surface area contributed by atoms with Crippen LogP contribution in [0, 0.1) is 16.7 Å². The lowest BCUT2D eigenvalue weighted by Gasteiger charge is -2.66. The molecule has 2 unspecified atom stereocenters. The lowest BCUT2D eigenvalue weighted by Crippen LogP contribution is -2.61. The first-order valence-corrected chi connectivity index (χ1v) is 5.21. The van der Waals surface area contributed by atoms with Crippen molar-refractivity contribution in [2.75, 3.05) is 0 Å². The molecule has 1 nitrogen and oxygen atoms in total. The van der Waals surface area contributed by atoms with Crippen molar-refractivity contribution in [2.24, 2.45) is 16.7 Å². The van der Waals surface area contributed by atoms with Crippen molar-refractivity contribution in [2.45, 2.75) is 40.3 Å². The number of allylic oxidation sites excluding steroid dienone is 1. The first-order valence-electron chi connectivity index (χ1n) is 5.21. The molecule has 0 aromatic carbocycles. The fourth-order valence-corrected chi connectivity index (χ4v) is 3.24. The van der Waals surface area contributed by atoms with Crippen LogP contribution in [0.3, 0.4) is 0 Å². The summed E-state index contributed by atoms with van der Waals surface area (Å²) in [6, 6.07) is 0. The minimum atomic E-state index is 0.387. The van der Waals surface area contributed by atoms with E-state index in [2.05, 4.69) is 40.6 Å². The maximum atomic E-state index is 5.56. The Labute approximate surface area is 81.7 Å². The van der Waals surface area contributed by atoms with Crippen molar-refractivity contribution in [1.82, 2.24) is 0 Å². The summed E-state index contributed by atoms with van der Waals surface area (Å²) in [4.78, 5) is 0. The van der Waals surface area contributed by atoms with Gasteiger partial charge in [0.15, 0.2) is 0 Å². The molecule has 0 radical (unpaired) electrons. The van der Waals surface area contributed by atoms with Gasteiger partial charge < -0.3 is 4.65 Å². The van der Waals surface area contributed by atoms with Crippen molar-refractivity contribution >= 4 is 6.92 Å². The molecule has 2 heteroatoms. The normalized spacial score (nSPS) is 39.0. The fraction of sp³-hybridized carbons (Fsp3) is 0.818. The average Bonchev–Trinajstić information content (AvgIpc) is 2.03. The van der Waals surface area contributed by atoms with Crippen LogP contribution in [0.4, 0.5) is 0 Å². The van der Waals surface area contributed by atoms with Crippen molar-refractivity contribution in [3.63, 3.8) is 0 Å². The van der Waals surface area contributed by atoms with Gasteiger partial charge >= 0.3 is 6.92 Å². The van der Waals surface area contributed by atoms with Crippen LogP contribution in [0.15, 0.2) is 12.3 Å². The topological polar surface area (TPSA) is 9.23 Å². The second-order valence-electron chi connectivity index (χ2n) is 5.66. The molecule has 2 atom stereocenters. The van der Waals surface area contributed by atoms with Crippen LogP contribution >= 0.6 is 0 Å². The Balaban J connectivity index is 2.33. The van der Waals surface area contributed by atoms with Gasteiger partial charge in [0.25, 0.3) is 0 Å². The molecular weight excluding hydrogens is 159 g/mol. The highest BCUT2D eigenvalue weighted by molar-refractivity contribution is 6.53. The van der Waals surface area contributed by atoms with E-state index < -0.39 is 0 Å². The first kappa shape index (κ1) is 9.17. The zero-order valence-corrected chi connectivity index (χ0v) is 9.29. The second kappa shape index (κ2) is 2.34. The predicted octanol–water partition coefficient (Wildman–Crippen LogP) is 3.20. The van der Waals surface area contributed by atoms with Crippen LogP contribution in [-0.2, 0) is 4.65 Å². The van der Waals surface area contributed by atoms with E-state index in [1.165, 1.54) is 0 Å². The molecule has 1 aliphatic carbocycles. The smallest absolute Gasteiger partial charge is 0.358 e. The Hall–Kier alpha value is -0.395. The van der Waals surface area contributed by atoms with Crippen LogP contribution in [0.1, 0.15) is 27.7 Å². The minimum absolute atomic E-state index is 0.387. The highest BCUT2D eigenvalue weighted by Crippen LogP contribution is 2.69. The molecule has 0 aromatic rings. The second-order valence-corrected chi connectivity index (χ2v) is 5.66. The molecular formula is C11H19BO. The summed E-state index contributed by atoms with van der Waals surface area (Å²) in [6.45, 7) is 12.1. The SMILES string of the molecule is CB1OC=CC2C1C(C)(C)C2(C)C. The highest BCUT2D eigenvalue weighted by atomic mass is 16.4. The molecule has 1 saturated carbocycles. The highest BCUT2D eigenvalue weighted by Gasteiger charge is 2.64. The Morgan fingerprint density at radius 2 is 1.77 bits per heavy atom. The van der Waals surface area contributed by atoms with Crippen molar-refractivity contribution in [1.29, 1.82) is 0 Å². The molecule has 13 heavy (non-hydrogen) atoms. The third-order valence-corrected chi connectivity index (χ3v) is 4.80. The Kier molecular flexibility index (Phi) is 1.65. The van der Waals surface area contributed by atoms with Crippen molar-refractivity contribution < 1.29 is 4.65 Å². The number of hydrogen-bond acceptors (Lipinski definition) is 1. The van der Waals surface area contributed by atoms with Gasteiger partial charge in [0.2, 0.25) is 0 Å². The lowest BCUT2D eigenvalue weighted by molar-refractivity contribution is -0.0775. The van der Waals surface area contributed by atoms with Crippen LogP contribution in [0.5, 0.6) is 0 Å². The molecule has 1 heterocycles. The number of fused-ring (bicyclic) bond motifs is 1. The standard InChI is InChI=1S/C11H19BO/c1-10(2)8-6-7-13-12(5)9(8)11(10,3)4/h6-9H,1-5H3. The minimum Gasteiger partial charge on any atom is -0.566 e. The monoisotopic (exact) mass is 178 g/mol. The van der Waals surface area contributed by atoms with Gasteiger partial charge in [-0.3, -0.25) is 0 Å². The Morgan fingerprint density at radius 3 is 2.31 bits per heavy atom. The summed E-state index contributed by atoms with van der Waals surface area (Å²) in [7, 11) is 0. The fourth-order valence-electron chi connectivity index (χ4n) is 3.24. The lowest BCUT2D eigenvalue weighted by atomic mass is 9.28. The average molecular weight is 178 g/mol. The zero-order chi connectivity index (χ0) is 9.85. The molecule has 1 fully saturated rings. The summed E-state index contributed by atoms with van der Waals surface area (Å²) in [5, 5.41) is 0. The first-order chi connectivity index (χ1) is 5.89. The molecule has 0 bridgehead atoms. The van der Waals surface area contributed by atoms with Gasteiger partial charge in [0.1, 0.15) is 0 Å². The van der Waals surface area contributed by atoms with Gasteiger partial charge in [-0.1, -0.05) is 27.7 Å². The third kappa shape index (κ3) is 0.894. The summed E-state index contributed by atoms with van der Waals surface area (Å²) in [5.41, 5.74) is 0.827. The van der Waals surface area contributed by atoms with Crippen LogP contribution in [0.2, 0.25) is 12.6 Å². The predicted molar refractivity (Wildman–Crippen MR) is 56.6 cm³/mol. The molecule has 72 valence electrons. The van der Waals surface area contributed by atoms with Crippen LogP contribution in [0.25, 0.3) is 0 Å². The van der Waals surface area contributed by atoms with E-state index in [0.29, 0.717) is 29.5 Å². The van der Waals surface area contributed by atoms with Gasteiger partial charge in [-0.2, -0.15) is 0 Å². The van der Waals surface area contributed by atoms with E-state index in [1.54, 1.807) is 0 Å². The molecule has 1 aliphatic heterocycles. The van der Waals surface area contributed by atoms with Crippen molar-refractivity contribution in [3.05, 3.63) is 12.3 Å². The largest absolute Gasteiger partial charge is 0.566 e. The van der Waals surface area contributed by atoms with E-state index in [-0.39, 0.29) is 0 Å². The van der Waals surface area contributed by atoms with Gasteiger partial charge in [-0.05, 0) is 35.5 Å². The van der Waals surface area contributed by atoms with Gasteiger partial charge in [-0.25, -0.2) is 0 Å². The van der Waals surface area contributed by atoms with E-state index in [9.17, 15) is 0 Å². The van der Waals surface area contributed by atoms with Crippen LogP contribution in [-0.4, -0.2) is 6.92 Å². The van der Waals surface area contributed by atoms with E-state index >= 15 is 0 Å². The number of hydrogen-bond donors (Lipinski definition) is 0. The van der Waals surface area contributed by atoms with Crippen molar-refractivity contribution in [3.8, 4) is 0 Å². The summed E-state index contributed by atoms with van der Waals surface area (Å²) in [6.07, 6.45) is 4.14. The molecule has 0 N–H and O–H groups in total. The molecule has 2 rings (SSSR count). The van der Waals surface area contributed by atoms with Crippen LogP contribution < -0.4 is 0 Å². The Bertz CT molecular complexity index is 255. The quantitative estimate of drug-likeness (QED) is 0.517. The van der Waals surface area contributed by atoms with Gasteiger partial charge in [-0.15, -0.1) is 0 Å². The summed E-state index contributed by atoms with van der Waals surface area (Å²) >= 11 is 0. The Morgan fingerprint density at radius 1 is 1.15 bits per heavy atom. The molecule has 0 amide bonds. The molecule has 2 aliphatic rings. The summed E-state index contributed by atoms with van der Waals surface area (Å²) < 4.78 is 5.56. The van der Waals surface area contributed by atoms with E-state index in [4.69, 9.17) is 4.65 Å². The van der Waals surface area contributed by atoms with E-state index in [0.717, 1.165) is 0 Å². The molecule has 0 spiro atoms. The summed E-state index contributed by atoms with van der Waals surface area (Å²) in [5.74, 6) is 1.42. The van der Waals surface area contributed by atoms with Gasteiger partial charge in [0.05, 0.1) is 6.26 Å². The third-order valence-electron chi connectivity index (χ3n) is 4.80. The maximum Gasteiger partial charge on any atom is 0.358 e. The maximum absolute atomic E-state index is 5.56. The van der Waals surface area contributed by atoms with Gasteiger partial charge in [0, 0.05) is 0 Å². The van der Waals surface area contributed by atoms with E-state index in [1.807, 2.05) is 6.26 Å². The zero-order valence-electron chi connectivity index (χ0n) is 9.29.